The van der Waals surface area contributed by atoms with Crippen molar-refractivity contribution in [3.8, 4) is 0 Å². The lowest BCUT2D eigenvalue weighted by atomic mass is 9.88. The second-order valence-corrected chi connectivity index (χ2v) is 12.0. The molecule has 0 amide bonds. The van der Waals surface area contributed by atoms with Crippen LogP contribution in [0.2, 0.25) is 0 Å². The highest BCUT2D eigenvalue weighted by Gasteiger charge is 2.22. The molecule has 0 aromatic heterocycles. The highest BCUT2D eigenvalue weighted by atomic mass is 16.3. The van der Waals surface area contributed by atoms with Crippen LogP contribution < -0.4 is 11.5 Å². The van der Waals surface area contributed by atoms with Gasteiger partial charge in [-0.05, 0) is 25.7 Å². The predicted octanol–water partition coefficient (Wildman–Crippen LogP) is 9.18. The Bertz CT molecular complexity index is 429. The second-order valence-electron chi connectivity index (χ2n) is 12.0. The maximum atomic E-state index is 9.54. The Hall–Kier alpha value is -0.160. The Balaban J connectivity index is 0. The zero-order valence-electron chi connectivity index (χ0n) is 26.1. The van der Waals surface area contributed by atoms with E-state index in [2.05, 4.69) is 27.7 Å². The van der Waals surface area contributed by atoms with Crippen LogP contribution in [0.5, 0.6) is 0 Å². The van der Waals surface area contributed by atoms with E-state index < -0.39 is 0 Å². The van der Waals surface area contributed by atoms with Gasteiger partial charge in [0.05, 0.1) is 13.2 Å². The second kappa shape index (κ2) is 28.8. The average molecular weight is 529 g/mol. The number of hydrogen-bond acceptors (Lipinski definition) is 4. The molecular formula is C33H72N2O2. The van der Waals surface area contributed by atoms with Crippen molar-refractivity contribution in [2.24, 2.45) is 11.5 Å². The molecule has 0 fully saturated rings. The molecule has 0 radical (unpaired) electrons. The number of rotatable bonds is 27. The molecule has 2 unspecified atom stereocenters. The molecule has 4 nitrogen and oxygen atoms in total. The largest absolute Gasteiger partial charge is 0.394 e. The minimum atomic E-state index is -0.318. The van der Waals surface area contributed by atoms with Crippen molar-refractivity contribution in [1.82, 2.24) is 0 Å². The normalized spacial score (nSPS) is 14.6. The van der Waals surface area contributed by atoms with E-state index in [9.17, 15) is 10.2 Å². The molecule has 0 saturated heterocycles. The van der Waals surface area contributed by atoms with Gasteiger partial charge in [-0.2, -0.15) is 0 Å². The third-order valence-electron chi connectivity index (χ3n) is 8.17. The first kappa shape index (κ1) is 39.0. The summed E-state index contributed by atoms with van der Waals surface area (Å²) in [5, 5.41) is 18.7. The standard InChI is InChI=1S/C18H39NO.C15H33NO/c1-3-5-7-9-10-12-14-16-18(19,17-20)15-13-11-8-6-4-2;1-3-5-6-7-8-9-10-11-12-13-15(16,4-2)14-17/h20H,3-17,19H2,1-2H3;17H,3-14,16H2,1-2H3. The van der Waals surface area contributed by atoms with Gasteiger partial charge in [-0.25, -0.2) is 0 Å². The van der Waals surface area contributed by atoms with Gasteiger partial charge in [0.25, 0.3) is 0 Å². The van der Waals surface area contributed by atoms with Crippen molar-refractivity contribution in [3.63, 3.8) is 0 Å². The van der Waals surface area contributed by atoms with Gasteiger partial charge in [0, 0.05) is 11.1 Å². The van der Waals surface area contributed by atoms with Crippen LogP contribution in [0.1, 0.15) is 188 Å². The molecular weight excluding hydrogens is 456 g/mol. The molecule has 226 valence electrons. The summed E-state index contributed by atoms with van der Waals surface area (Å²) in [6.45, 7) is 9.08. The van der Waals surface area contributed by atoms with E-state index in [4.69, 9.17) is 11.5 Å². The van der Waals surface area contributed by atoms with Crippen molar-refractivity contribution in [3.05, 3.63) is 0 Å². The summed E-state index contributed by atoms with van der Waals surface area (Å²) in [5.74, 6) is 0. The zero-order chi connectivity index (χ0) is 28.1. The first-order chi connectivity index (χ1) is 17.9. The molecule has 0 bridgehead atoms. The van der Waals surface area contributed by atoms with E-state index in [1.54, 1.807) is 0 Å². The zero-order valence-corrected chi connectivity index (χ0v) is 26.1. The summed E-state index contributed by atoms with van der Waals surface area (Å²) in [6.07, 6.45) is 31.5. The van der Waals surface area contributed by atoms with Gasteiger partial charge < -0.3 is 21.7 Å². The minimum Gasteiger partial charge on any atom is -0.394 e. The molecule has 0 aliphatic carbocycles. The van der Waals surface area contributed by atoms with Crippen LogP contribution in [0.4, 0.5) is 0 Å². The topological polar surface area (TPSA) is 92.5 Å². The Labute approximate surface area is 234 Å². The third kappa shape index (κ3) is 27.2. The predicted molar refractivity (Wildman–Crippen MR) is 166 cm³/mol. The van der Waals surface area contributed by atoms with Crippen LogP contribution in [0.3, 0.4) is 0 Å². The fourth-order valence-electron chi connectivity index (χ4n) is 4.95. The van der Waals surface area contributed by atoms with Gasteiger partial charge in [-0.3, -0.25) is 0 Å². The maximum absolute atomic E-state index is 9.54. The number of aliphatic hydroxyl groups excluding tert-OH is 2. The molecule has 37 heavy (non-hydrogen) atoms. The van der Waals surface area contributed by atoms with Gasteiger partial charge in [0.2, 0.25) is 0 Å². The lowest BCUT2D eigenvalue weighted by Gasteiger charge is -2.27. The summed E-state index contributed by atoms with van der Waals surface area (Å²) in [4.78, 5) is 0. The van der Waals surface area contributed by atoms with E-state index in [1.807, 2.05) is 0 Å². The van der Waals surface area contributed by atoms with Gasteiger partial charge in [-0.1, -0.05) is 163 Å². The highest BCUT2D eigenvalue weighted by Crippen LogP contribution is 2.21. The Morgan fingerprint density at radius 2 is 0.622 bits per heavy atom. The summed E-state index contributed by atoms with van der Waals surface area (Å²) >= 11 is 0. The van der Waals surface area contributed by atoms with E-state index in [0.717, 1.165) is 25.7 Å². The Morgan fingerprint density at radius 1 is 0.378 bits per heavy atom. The third-order valence-corrected chi connectivity index (χ3v) is 8.17. The van der Waals surface area contributed by atoms with Crippen molar-refractivity contribution in [2.45, 2.75) is 199 Å². The van der Waals surface area contributed by atoms with E-state index in [-0.39, 0.29) is 24.3 Å². The van der Waals surface area contributed by atoms with Crippen LogP contribution >= 0.6 is 0 Å². The van der Waals surface area contributed by atoms with Crippen LogP contribution in [0.25, 0.3) is 0 Å². The Kier molecular flexibility index (Phi) is 30.4. The molecule has 0 aliphatic heterocycles. The smallest absolute Gasteiger partial charge is 0.0611 e. The molecule has 0 aromatic rings. The summed E-state index contributed by atoms with van der Waals surface area (Å²) in [6, 6.07) is 0. The molecule has 0 aliphatic rings. The van der Waals surface area contributed by atoms with E-state index in [1.165, 1.54) is 135 Å². The number of hydrogen-bond donors (Lipinski definition) is 4. The first-order valence-electron chi connectivity index (χ1n) is 16.7. The average Bonchev–Trinajstić information content (AvgIpc) is 2.91. The van der Waals surface area contributed by atoms with E-state index >= 15 is 0 Å². The number of unbranched alkanes of at least 4 members (excludes halogenated alkanes) is 18. The summed E-state index contributed by atoms with van der Waals surface area (Å²) < 4.78 is 0. The van der Waals surface area contributed by atoms with Crippen molar-refractivity contribution < 1.29 is 10.2 Å². The summed E-state index contributed by atoms with van der Waals surface area (Å²) in [5.41, 5.74) is 11.7. The van der Waals surface area contributed by atoms with Gasteiger partial charge in [0.1, 0.15) is 0 Å². The van der Waals surface area contributed by atoms with Gasteiger partial charge >= 0.3 is 0 Å². The lowest BCUT2D eigenvalue weighted by molar-refractivity contribution is 0.171. The van der Waals surface area contributed by atoms with Crippen molar-refractivity contribution in [2.75, 3.05) is 13.2 Å². The minimum absolute atomic E-state index is 0.126. The molecule has 2 atom stereocenters. The van der Waals surface area contributed by atoms with Crippen molar-refractivity contribution in [1.29, 1.82) is 0 Å². The monoisotopic (exact) mass is 529 g/mol. The first-order valence-corrected chi connectivity index (χ1v) is 16.7. The molecule has 4 heteroatoms. The molecule has 0 heterocycles. The fraction of sp³-hybridized carbons (Fsp3) is 1.00. The van der Waals surface area contributed by atoms with Crippen LogP contribution in [0, 0.1) is 0 Å². The van der Waals surface area contributed by atoms with Crippen molar-refractivity contribution >= 4 is 0 Å². The van der Waals surface area contributed by atoms with Crippen LogP contribution in [-0.4, -0.2) is 34.5 Å². The fourth-order valence-corrected chi connectivity index (χ4v) is 4.95. The SMILES string of the molecule is CCCCCCCCCC(N)(CO)CCCCCCC.CCCCCCCCCCCC(N)(CC)CO. The number of nitrogens with two attached hydrogens (primary N) is 2. The number of aliphatic hydroxyl groups is 2. The lowest BCUT2D eigenvalue weighted by Crippen LogP contribution is -2.43. The molecule has 0 saturated carbocycles. The molecule has 6 N–H and O–H groups in total. The highest BCUT2D eigenvalue weighted by molar-refractivity contribution is 4.83. The van der Waals surface area contributed by atoms with Crippen LogP contribution in [0.15, 0.2) is 0 Å². The van der Waals surface area contributed by atoms with E-state index in [0.29, 0.717) is 0 Å². The van der Waals surface area contributed by atoms with Crippen LogP contribution in [-0.2, 0) is 0 Å². The van der Waals surface area contributed by atoms with Gasteiger partial charge in [0.15, 0.2) is 0 Å². The quantitative estimate of drug-likeness (QED) is 0.0799. The molecule has 0 rings (SSSR count). The maximum Gasteiger partial charge on any atom is 0.0611 e. The Morgan fingerprint density at radius 3 is 0.865 bits per heavy atom. The summed E-state index contributed by atoms with van der Waals surface area (Å²) in [7, 11) is 0. The molecule has 0 spiro atoms. The van der Waals surface area contributed by atoms with Gasteiger partial charge in [-0.15, -0.1) is 0 Å². The molecule has 0 aromatic carbocycles.